The number of benzene rings is 4. The van der Waals surface area contributed by atoms with Gasteiger partial charge in [0.1, 0.15) is 47.4 Å². The highest BCUT2D eigenvalue weighted by Gasteiger charge is 2.45. The van der Waals surface area contributed by atoms with Gasteiger partial charge in [0.2, 0.25) is 5.82 Å². The summed E-state index contributed by atoms with van der Waals surface area (Å²) in [4.78, 5) is 26.1. The predicted molar refractivity (Wildman–Crippen MR) is 269 cm³/mol. The van der Waals surface area contributed by atoms with Crippen molar-refractivity contribution in [1.29, 1.82) is 0 Å². The Bertz CT molecular complexity index is 2670. The van der Waals surface area contributed by atoms with E-state index in [4.69, 9.17) is 14.2 Å². The van der Waals surface area contributed by atoms with E-state index < -0.39 is 41.6 Å². The van der Waals surface area contributed by atoms with E-state index >= 15 is 0 Å². The molecule has 1 aromatic heterocycles. The lowest BCUT2D eigenvalue weighted by molar-refractivity contribution is -0.0356. The highest BCUT2D eigenvalue weighted by molar-refractivity contribution is 5.98. The number of unbranched alkanes of at least 4 members (excludes halogenated alkanes) is 2. The first-order valence-corrected chi connectivity index (χ1v) is 24.1. The molecule has 6 atom stereocenters. The van der Waals surface area contributed by atoms with Crippen molar-refractivity contribution in [2.45, 2.75) is 123 Å². The van der Waals surface area contributed by atoms with Crippen molar-refractivity contribution in [2.75, 3.05) is 27.2 Å². The molecule has 4 aromatic carbocycles. The van der Waals surface area contributed by atoms with Crippen molar-refractivity contribution in [2.24, 2.45) is 5.92 Å². The minimum atomic E-state index is -1.37. The zero-order chi connectivity index (χ0) is 50.0. The van der Waals surface area contributed by atoms with Gasteiger partial charge in [0.05, 0.1) is 12.3 Å². The number of allylic oxidation sites excluding steroid dienone is 3. The van der Waals surface area contributed by atoms with Crippen molar-refractivity contribution in [3.05, 3.63) is 163 Å². The summed E-state index contributed by atoms with van der Waals surface area (Å²) >= 11 is 0. The second kappa shape index (κ2) is 23.5. The van der Waals surface area contributed by atoms with Gasteiger partial charge in [-0.15, -0.1) is 0 Å². The fraction of sp³-hybridized carbons (Fsp3) is 0.429. The van der Waals surface area contributed by atoms with Crippen LogP contribution in [-0.2, 0) is 11.2 Å². The number of aromatic nitrogens is 2. The third-order valence-corrected chi connectivity index (χ3v) is 13.1. The molecular weight excluding hydrogens is 878 g/mol. The molecule has 0 spiro atoms. The molecule has 1 fully saturated rings. The summed E-state index contributed by atoms with van der Waals surface area (Å²) < 4.78 is 31.1. The number of aliphatic hydroxyl groups excluding tert-OH is 2. The maximum absolute atomic E-state index is 13.0. The number of hydrogen-bond donors (Lipinski definition) is 5. The smallest absolute Gasteiger partial charge is 0.330 e. The second-order valence-corrected chi connectivity index (χ2v) is 19.0. The monoisotopic (exact) mass is 948 g/mol. The van der Waals surface area contributed by atoms with Crippen LogP contribution in [0.25, 0.3) is 11.1 Å². The van der Waals surface area contributed by atoms with Gasteiger partial charge in [-0.25, -0.2) is 4.79 Å². The number of ether oxygens (including phenoxy) is 3. The third kappa shape index (κ3) is 13.0. The van der Waals surface area contributed by atoms with Crippen LogP contribution in [0.15, 0.2) is 118 Å². The molecule has 370 valence electrons. The van der Waals surface area contributed by atoms with E-state index in [1.807, 2.05) is 50.5 Å². The van der Waals surface area contributed by atoms with Crippen LogP contribution in [0.4, 0.5) is 4.39 Å². The topological polar surface area (TPSA) is 167 Å². The summed E-state index contributed by atoms with van der Waals surface area (Å²) in [5.74, 6) is 2.01. The number of nitrogens with one attached hydrogen (secondary N) is 1. The van der Waals surface area contributed by atoms with Crippen LogP contribution in [0.2, 0.25) is 0 Å². The van der Waals surface area contributed by atoms with Gasteiger partial charge in [-0.3, -0.25) is 14.3 Å². The summed E-state index contributed by atoms with van der Waals surface area (Å²) in [7, 11) is 4.07. The number of phenols is 2. The highest BCUT2D eigenvalue weighted by Crippen LogP contribution is 2.53. The number of nitrogens with zero attached hydrogens (tertiary/aromatic N) is 2. The maximum Gasteiger partial charge on any atom is 0.330 e. The van der Waals surface area contributed by atoms with E-state index in [9.17, 15) is 34.4 Å². The Morgan fingerprint density at radius 3 is 2.26 bits per heavy atom. The lowest BCUT2D eigenvalue weighted by atomic mass is 9.68. The number of H-pyrrole nitrogens is 1. The number of rotatable bonds is 13. The van der Waals surface area contributed by atoms with E-state index in [2.05, 4.69) is 94.1 Å². The van der Waals surface area contributed by atoms with Crippen molar-refractivity contribution in [3.63, 3.8) is 0 Å². The molecule has 0 radical (unpaired) electrons. The first-order valence-electron chi connectivity index (χ1n) is 24.1. The molecule has 3 heterocycles. The van der Waals surface area contributed by atoms with E-state index in [0.29, 0.717) is 29.0 Å². The normalized spacial score (nSPS) is 21.5. The van der Waals surface area contributed by atoms with Crippen LogP contribution in [0.5, 0.6) is 23.0 Å². The third-order valence-electron chi connectivity index (χ3n) is 13.1. The van der Waals surface area contributed by atoms with E-state index in [-0.39, 0.29) is 17.3 Å². The molecule has 0 amide bonds. The molecule has 69 heavy (non-hydrogen) atoms. The largest absolute Gasteiger partial charge is 0.508 e. The first kappa shape index (κ1) is 52.4. The zero-order valence-electron chi connectivity index (χ0n) is 41.2. The molecule has 1 saturated heterocycles. The minimum absolute atomic E-state index is 0.177. The first-order chi connectivity index (χ1) is 32.9. The quantitative estimate of drug-likeness (QED) is 0.0436. The number of fused-ring (bicyclic) bond motifs is 3. The highest BCUT2D eigenvalue weighted by atomic mass is 19.1. The number of hydrogen-bond acceptors (Lipinski definition) is 10. The summed E-state index contributed by atoms with van der Waals surface area (Å²) in [5.41, 5.74) is 7.09. The Balaban J connectivity index is 0.000000176. The van der Waals surface area contributed by atoms with Crippen molar-refractivity contribution < 1.29 is 39.0 Å². The molecule has 5 aromatic rings. The van der Waals surface area contributed by atoms with Crippen LogP contribution in [-0.4, -0.2) is 86.0 Å². The molecule has 3 aliphatic rings. The van der Waals surface area contributed by atoms with Crippen LogP contribution in [0.1, 0.15) is 120 Å². The fourth-order valence-electron chi connectivity index (χ4n) is 9.41. The van der Waals surface area contributed by atoms with E-state index in [1.165, 1.54) is 48.5 Å². The summed E-state index contributed by atoms with van der Waals surface area (Å²) in [6, 6.07) is 30.3. The number of aliphatic hydroxyl groups is 2. The molecule has 1 aliphatic carbocycles. The van der Waals surface area contributed by atoms with Gasteiger partial charge >= 0.3 is 5.69 Å². The number of aromatic amines is 1. The molecule has 0 saturated carbocycles. The molecule has 12 nitrogen and oxygen atoms in total. The van der Waals surface area contributed by atoms with Gasteiger partial charge in [0.15, 0.2) is 6.23 Å². The Morgan fingerprint density at radius 2 is 1.62 bits per heavy atom. The lowest BCUT2D eigenvalue weighted by Gasteiger charge is -2.46. The van der Waals surface area contributed by atoms with Gasteiger partial charge in [0.25, 0.3) is 5.56 Å². The number of aromatic hydroxyl groups is 2. The van der Waals surface area contributed by atoms with Crippen LogP contribution >= 0.6 is 0 Å². The van der Waals surface area contributed by atoms with Crippen LogP contribution in [0, 0.1) is 11.7 Å². The van der Waals surface area contributed by atoms with Gasteiger partial charge in [-0.1, -0.05) is 92.9 Å². The van der Waals surface area contributed by atoms with E-state index in [0.717, 1.165) is 66.0 Å². The lowest BCUT2D eigenvalue weighted by Crippen LogP contribution is -2.45. The molecular formula is C56H70FN3O9. The predicted octanol–water partition coefficient (Wildman–Crippen LogP) is 9.75. The minimum Gasteiger partial charge on any atom is -0.508 e. The number of likely N-dealkylation sites (N-methyl/N-ethyl adjacent to an activating group) is 1. The molecule has 5 N–H and O–H groups in total. The number of phenolic OH excluding ortho intramolecular Hbond substituents is 2. The fourth-order valence-corrected chi connectivity index (χ4v) is 9.41. The summed E-state index contributed by atoms with van der Waals surface area (Å²) in [6.45, 7) is 14.0. The molecule has 8 rings (SSSR count). The molecule has 0 bridgehead atoms. The Labute approximate surface area is 405 Å². The number of halogens is 1. The standard InChI is InChI=1S/C26H29NO2.C21H30O2.C9H11FN2O5/c1-4-25(20-9-6-5-7-10-20)26(22-11-8-12-23(28)19-22)21-13-15-24(16-14-21)29-18-17-27(2)3;1-5-6-7-8-15-12-18(22)20-16-11-14(2)9-10-17(16)21(3,4)23-19(20)13-15;1-3-5(13)6(14)8(17-3)12-2-4(10)7(15)11-9(12)16/h5-16,19,28H,4,17-18H2,1-3H3;11-13,16-17,22H,5-10H2,1-4H3;2-3,5-6,8,13-14H,1H3,(H,11,15,16)/b26-25+;;/t;16-,17-;3-,5-,6-,8-/m.11/s1. The SMILES string of the molecule is CC/C(=C(/c1ccc(OCCN(C)C)cc1)c1cccc(O)c1)c1ccccc1.CCCCCc1cc(O)c2c(c1)OC(C)(C)[C@@H]1CCC(C)=C[C@@H]21.C[C@H]1O[C@@H](n2cc(F)c(=O)[nH]c2=O)[C@H](O)[C@@H]1O. The summed E-state index contributed by atoms with van der Waals surface area (Å²) in [6.07, 6.45) is 6.32. The molecule has 13 heteroatoms. The van der Waals surface area contributed by atoms with Crippen molar-refractivity contribution in [3.8, 4) is 23.0 Å². The second-order valence-electron chi connectivity index (χ2n) is 19.0. The van der Waals surface area contributed by atoms with E-state index in [1.54, 1.807) is 11.1 Å². The molecule has 2 aliphatic heterocycles. The maximum atomic E-state index is 13.0. The van der Waals surface area contributed by atoms with Crippen LogP contribution in [0.3, 0.4) is 0 Å². The van der Waals surface area contributed by atoms with Gasteiger partial charge < -0.3 is 39.5 Å². The van der Waals surface area contributed by atoms with Gasteiger partial charge in [-0.05, 0) is 144 Å². The summed E-state index contributed by atoms with van der Waals surface area (Å²) in [5, 5.41) is 39.8. The Morgan fingerprint density at radius 1 is 0.913 bits per heavy atom. The zero-order valence-corrected chi connectivity index (χ0v) is 41.2. The van der Waals surface area contributed by atoms with Crippen molar-refractivity contribution >= 4 is 11.1 Å². The van der Waals surface area contributed by atoms with Gasteiger partial charge in [-0.2, -0.15) is 4.39 Å². The Kier molecular flexibility index (Phi) is 17.9. The van der Waals surface area contributed by atoms with Crippen LogP contribution < -0.4 is 20.7 Å². The van der Waals surface area contributed by atoms with Gasteiger partial charge in [0, 0.05) is 23.9 Å². The average Bonchev–Trinajstić information content (AvgIpc) is 3.56. The average molecular weight is 948 g/mol. The Hall–Kier alpha value is -5.99. The molecule has 0 unspecified atom stereocenters. The number of aryl methyl sites for hydroxylation is 1. The van der Waals surface area contributed by atoms with Crippen molar-refractivity contribution in [1.82, 2.24) is 14.5 Å².